The number of allylic oxidation sites excluding steroid dienone is 1. The highest BCUT2D eigenvalue weighted by Gasteiger charge is 2.11. The fraction of sp³-hybridized carbons (Fsp3) is 0.273. The van der Waals surface area contributed by atoms with E-state index in [-0.39, 0.29) is 11.4 Å². The summed E-state index contributed by atoms with van der Waals surface area (Å²) >= 11 is 0. The van der Waals surface area contributed by atoms with Gasteiger partial charge in [0, 0.05) is 6.54 Å². The molecule has 16 heavy (non-hydrogen) atoms. The fourth-order valence-electron chi connectivity index (χ4n) is 1.09. The lowest BCUT2D eigenvalue weighted by atomic mass is 10.2. The average Bonchev–Trinajstić information content (AvgIpc) is 2.19. The van der Waals surface area contributed by atoms with Crippen molar-refractivity contribution in [3.63, 3.8) is 0 Å². The Morgan fingerprint density at radius 1 is 1.62 bits per heavy atom. The Balaban J connectivity index is 2.87. The van der Waals surface area contributed by atoms with Crippen molar-refractivity contribution in [3.8, 4) is 0 Å². The van der Waals surface area contributed by atoms with Gasteiger partial charge in [-0.05, 0) is 19.9 Å². The summed E-state index contributed by atoms with van der Waals surface area (Å²) in [6, 6.07) is 0.945. The van der Waals surface area contributed by atoms with E-state index in [0.29, 0.717) is 6.54 Å². The van der Waals surface area contributed by atoms with E-state index in [0.717, 1.165) is 17.8 Å². The largest absolute Gasteiger partial charge is 0.478 e. The first-order chi connectivity index (χ1) is 7.50. The lowest BCUT2D eigenvalue weighted by Gasteiger charge is -2.06. The van der Waals surface area contributed by atoms with Crippen LogP contribution in [-0.2, 0) is 0 Å². The predicted molar refractivity (Wildman–Crippen MR) is 59.1 cm³/mol. The molecule has 0 aliphatic heterocycles. The van der Waals surface area contributed by atoms with Gasteiger partial charge in [0.1, 0.15) is 17.2 Å². The number of anilines is 1. The van der Waals surface area contributed by atoms with Crippen molar-refractivity contribution in [2.24, 2.45) is 0 Å². The number of hydrogen-bond donors (Lipinski definition) is 2. The molecular weight excluding hydrogens is 211 g/mol. The average molecular weight is 224 g/mol. The molecule has 0 saturated carbocycles. The van der Waals surface area contributed by atoms with E-state index in [1.54, 1.807) is 0 Å². The number of aromatic nitrogens is 1. The molecule has 0 spiro atoms. The van der Waals surface area contributed by atoms with Gasteiger partial charge in [0.15, 0.2) is 0 Å². The standard InChI is InChI=1S/C11H13FN2O2/c1-7(2)3-4-13-10-9(11(15)16)5-8(12)6-14-10/h3,5-6H,4H2,1-2H3,(H,13,14)(H,15,16). The Hall–Kier alpha value is -1.91. The second-order valence-electron chi connectivity index (χ2n) is 3.52. The first-order valence-electron chi connectivity index (χ1n) is 4.77. The number of carboxylic acid groups (broad SMARTS) is 1. The highest BCUT2D eigenvalue weighted by molar-refractivity contribution is 5.93. The van der Waals surface area contributed by atoms with Gasteiger partial charge in [0.2, 0.25) is 0 Å². The van der Waals surface area contributed by atoms with Gasteiger partial charge < -0.3 is 10.4 Å². The summed E-state index contributed by atoms with van der Waals surface area (Å²) in [5.74, 6) is -1.69. The number of aromatic carboxylic acids is 1. The zero-order chi connectivity index (χ0) is 12.1. The fourth-order valence-corrected chi connectivity index (χ4v) is 1.09. The van der Waals surface area contributed by atoms with Crippen LogP contribution in [0.15, 0.2) is 23.9 Å². The Labute approximate surface area is 92.8 Å². The molecule has 0 atom stereocenters. The lowest BCUT2D eigenvalue weighted by molar-refractivity contribution is 0.0697. The molecule has 0 radical (unpaired) electrons. The number of rotatable bonds is 4. The second-order valence-corrected chi connectivity index (χ2v) is 3.52. The van der Waals surface area contributed by atoms with Crippen LogP contribution in [0.3, 0.4) is 0 Å². The van der Waals surface area contributed by atoms with Crippen molar-refractivity contribution in [1.82, 2.24) is 4.98 Å². The van der Waals surface area contributed by atoms with Crippen LogP contribution < -0.4 is 5.32 Å². The van der Waals surface area contributed by atoms with E-state index < -0.39 is 11.8 Å². The molecule has 0 fully saturated rings. The first-order valence-corrected chi connectivity index (χ1v) is 4.77. The van der Waals surface area contributed by atoms with Crippen LogP contribution in [0.2, 0.25) is 0 Å². The highest BCUT2D eigenvalue weighted by atomic mass is 19.1. The number of carbonyl (C=O) groups is 1. The maximum Gasteiger partial charge on any atom is 0.339 e. The zero-order valence-corrected chi connectivity index (χ0v) is 9.12. The number of halogens is 1. The van der Waals surface area contributed by atoms with Crippen molar-refractivity contribution in [2.75, 3.05) is 11.9 Å². The minimum absolute atomic E-state index is 0.165. The smallest absolute Gasteiger partial charge is 0.339 e. The molecular formula is C11H13FN2O2. The lowest BCUT2D eigenvalue weighted by Crippen LogP contribution is -2.09. The number of hydrogen-bond acceptors (Lipinski definition) is 3. The van der Waals surface area contributed by atoms with Gasteiger partial charge >= 0.3 is 5.97 Å². The Morgan fingerprint density at radius 3 is 2.88 bits per heavy atom. The Kier molecular flexibility index (Phi) is 3.99. The summed E-state index contributed by atoms with van der Waals surface area (Å²) in [5.41, 5.74) is 0.939. The normalized spacial score (nSPS) is 9.69. The van der Waals surface area contributed by atoms with Crippen LogP contribution in [0, 0.1) is 5.82 Å². The summed E-state index contributed by atoms with van der Waals surface area (Å²) in [6.07, 6.45) is 2.87. The molecule has 4 nitrogen and oxygen atoms in total. The molecule has 2 N–H and O–H groups in total. The van der Waals surface area contributed by atoms with E-state index in [1.807, 2.05) is 19.9 Å². The van der Waals surface area contributed by atoms with E-state index in [4.69, 9.17) is 5.11 Å². The Morgan fingerprint density at radius 2 is 2.31 bits per heavy atom. The van der Waals surface area contributed by atoms with Crippen LogP contribution in [0.25, 0.3) is 0 Å². The molecule has 0 bridgehead atoms. The molecule has 0 aromatic carbocycles. The van der Waals surface area contributed by atoms with E-state index in [2.05, 4.69) is 10.3 Å². The summed E-state index contributed by atoms with van der Waals surface area (Å²) in [7, 11) is 0. The van der Waals surface area contributed by atoms with Gasteiger partial charge in [-0.2, -0.15) is 0 Å². The Bertz CT molecular complexity index is 426. The van der Waals surface area contributed by atoms with Crippen LogP contribution in [0.4, 0.5) is 10.2 Å². The van der Waals surface area contributed by atoms with Crippen LogP contribution in [0.5, 0.6) is 0 Å². The maximum atomic E-state index is 12.8. The molecule has 1 aromatic rings. The third-order valence-corrected chi connectivity index (χ3v) is 1.86. The SMILES string of the molecule is CC(C)=CCNc1ncc(F)cc1C(=O)O. The molecule has 1 rings (SSSR count). The molecule has 1 aromatic heterocycles. The third-order valence-electron chi connectivity index (χ3n) is 1.86. The minimum Gasteiger partial charge on any atom is -0.478 e. The van der Waals surface area contributed by atoms with Gasteiger partial charge in [-0.15, -0.1) is 0 Å². The van der Waals surface area contributed by atoms with Gasteiger partial charge in [-0.25, -0.2) is 14.2 Å². The molecule has 0 saturated heterocycles. The van der Waals surface area contributed by atoms with Crippen LogP contribution >= 0.6 is 0 Å². The summed E-state index contributed by atoms with van der Waals surface area (Å²) in [4.78, 5) is 14.5. The zero-order valence-electron chi connectivity index (χ0n) is 9.12. The van der Waals surface area contributed by atoms with Crippen LogP contribution in [0.1, 0.15) is 24.2 Å². The molecule has 0 aliphatic carbocycles. The van der Waals surface area contributed by atoms with Crippen molar-refractivity contribution < 1.29 is 14.3 Å². The molecule has 0 amide bonds. The molecule has 0 aliphatic rings. The number of nitrogens with zero attached hydrogens (tertiary/aromatic N) is 1. The van der Waals surface area contributed by atoms with Crippen molar-refractivity contribution in [2.45, 2.75) is 13.8 Å². The number of nitrogens with one attached hydrogen (secondary N) is 1. The van der Waals surface area contributed by atoms with Gasteiger partial charge in [0.25, 0.3) is 0 Å². The number of carboxylic acids is 1. The van der Waals surface area contributed by atoms with Crippen molar-refractivity contribution >= 4 is 11.8 Å². The first kappa shape index (κ1) is 12.2. The maximum absolute atomic E-state index is 12.8. The third kappa shape index (κ3) is 3.34. The number of pyridine rings is 1. The predicted octanol–water partition coefficient (Wildman–Crippen LogP) is 2.30. The minimum atomic E-state index is -1.20. The summed E-state index contributed by atoms with van der Waals surface area (Å²) in [5, 5.41) is 11.7. The van der Waals surface area contributed by atoms with Gasteiger partial charge in [0.05, 0.1) is 6.20 Å². The monoisotopic (exact) mass is 224 g/mol. The topological polar surface area (TPSA) is 62.2 Å². The molecule has 86 valence electrons. The summed E-state index contributed by atoms with van der Waals surface area (Å²) in [6.45, 7) is 4.32. The highest BCUT2D eigenvalue weighted by Crippen LogP contribution is 2.13. The van der Waals surface area contributed by atoms with Gasteiger partial charge in [-0.3, -0.25) is 0 Å². The van der Waals surface area contributed by atoms with E-state index in [9.17, 15) is 9.18 Å². The summed E-state index contributed by atoms with van der Waals surface area (Å²) < 4.78 is 12.8. The van der Waals surface area contributed by atoms with E-state index in [1.165, 1.54) is 0 Å². The molecule has 1 heterocycles. The molecule has 0 unspecified atom stereocenters. The quantitative estimate of drug-likeness (QED) is 0.770. The van der Waals surface area contributed by atoms with E-state index >= 15 is 0 Å². The molecule has 5 heteroatoms. The van der Waals surface area contributed by atoms with Crippen LogP contribution in [-0.4, -0.2) is 22.6 Å². The van der Waals surface area contributed by atoms with Crippen molar-refractivity contribution in [1.29, 1.82) is 0 Å². The van der Waals surface area contributed by atoms with Crippen molar-refractivity contribution in [3.05, 3.63) is 35.3 Å². The second kappa shape index (κ2) is 5.25. The van der Waals surface area contributed by atoms with Gasteiger partial charge in [-0.1, -0.05) is 11.6 Å².